The van der Waals surface area contributed by atoms with Gasteiger partial charge in [-0.2, -0.15) is 5.10 Å². The Morgan fingerprint density at radius 3 is 2.85 bits per heavy atom. The Hall–Kier alpha value is -0.810. The summed E-state index contributed by atoms with van der Waals surface area (Å²) in [5, 5.41) is 8.86. The van der Waals surface area contributed by atoms with Gasteiger partial charge in [0.2, 0.25) is 0 Å². The summed E-state index contributed by atoms with van der Waals surface area (Å²) in [6, 6.07) is 1.83. The summed E-state index contributed by atoms with van der Waals surface area (Å²) in [6.07, 6.45) is 0. The number of nitrogens with two attached hydrogens (primary N) is 1. The summed E-state index contributed by atoms with van der Waals surface area (Å²) in [6.45, 7) is 2.06. The Balaban J connectivity index is 2.52. The molecule has 5 heteroatoms. The molecule has 2 heterocycles. The maximum Gasteiger partial charge on any atom is 0.145 e. The predicted molar refractivity (Wildman–Crippen MR) is 58.8 cm³/mol. The number of nitrogens with zero attached hydrogens (tertiary/aromatic N) is 1. The number of aromatic amines is 1. The maximum atomic E-state index is 5.52. The maximum absolute atomic E-state index is 5.52. The number of halogens is 1. The fourth-order valence-corrected chi connectivity index (χ4v) is 2.73. The molecule has 2 rings (SSSR count). The molecule has 13 heavy (non-hydrogen) atoms. The quantitative estimate of drug-likeness (QED) is 0.826. The standard InChI is InChI=1S/C8H8BrN3S/c1-4-3-13-8(7(4)9)5-2-6(10)12-11-5/h2-3H,1H3,(H3,10,11,12). The molecule has 0 fully saturated rings. The van der Waals surface area contributed by atoms with Crippen LogP contribution in [0.2, 0.25) is 0 Å². The van der Waals surface area contributed by atoms with Crippen molar-refractivity contribution in [3.05, 3.63) is 21.5 Å². The third kappa shape index (κ3) is 1.49. The van der Waals surface area contributed by atoms with E-state index < -0.39 is 0 Å². The van der Waals surface area contributed by atoms with Gasteiger partial charge in [0.25, 0.3) is 0 Å². The molecule has 0 aliphatic carbocycles. The smallest absolute Gasteiger partial charge is 0.145 e. The molecule has 0 aromatic carbocycles. The van der Waals surface area contributed by atoms with Crippen LogP contribution in [0.3, 0.4) is 0 Å². The second-order valence-electron chi connectivity index (χ2n) is 2.77. The lowest BCUT2D eigenvalue weighted by Crippen LogP contribution is -1.81. The lowest BCUT2D eigenvalue weighted by molar-refractivity contribution is 1.10. The van der Waals surface area contributed by atoms with Crippen LogP contribution in [-0.4, -0.2) is 10.2 Å². The van der Waals surface area contributed by atoms with E-state index in [1.54, 1.807) is 11.3 Å². The van der Waals surface area contributed by atoms with E-state index in [1.807, 2.05) is 6.07 Å². The Morgan fingerprint density at radius 1 is 1.62 bits per heavy atom. The zero-order chi connectivity index (χ0) is 9.42. The van der Waals surface area contributed by atoms with Crippen molar-refractivity contribution >= 4 is 33.1 Å². The van der Waals surface area contributed by atoms with Crippen LogP contribution in [0.25, 0.3) is 10.6 Å². The van der Waals surface area contributed by atoms with Crippen molar-refractivity contribution in [2.75, 3.05) is 5.73 Å². The Morgan fingerprint density at radius 2 is 2.38 bits per heavy atom. The highest BCUT2D eigenvalue weighted by Gasteiger charge is 2.09. The van der Waals surface area contributed by atoms with Gasteiger partial charge >= 0.3 is 0 Å². The molecule has 0 saturated heterocycles. The minimum Gasteiger partial charge on any atom is -0.382 e. The van der Waals surface area contributed by atoms with E-state index in [-0.39, 0.29) is 0 Å². The van der Waals surface area contributed by atoms with Crippen LogP contribution in [-0.2, 0) is 0 Å². The number of nitrogen functional groups attached to an aromatic ring is 1. The van der Waals surface area contributed by atoms with Crippen molar-refractivity contribution < 1.29 is 0 Å². The van der Waals surface area contributed by atoms with Crippen molar-refractivity contribution in [2.45, 2.75) is 6.92 Å². The third-order valence-electron chi connectivity index (χ3n) is 1.74. The minimum atomic E-state index is 0.521. The molecule has 0 saturated carbocycles. The monoisotopic (exact) mass is 257 g/mol. The number of thiophene rings is 1. The molecule has 0 unspecified atom stereocenters. The van der Waals surface area contributed by atoms with E-state index in [0.29, 0.717) is 5.82 Å². The van der Waals surface area contributed by atoms with Gasteiger partial charge in [0.1, 0.15) is 5.82 Å². The summed E-state index contributed by atoms with van der Waals surface area (Å²) in [5.74, 6) is 0.521. The number of rotatable bonds is 1. The minimum absolute atomic E-state index is 0.521. The Bertz CT molecular complexity index is 432. The molecule has 3 N–H and O–H groups in total. The highest BCUT2D eigenvalue weighted by Crippen LogP contribution is 2.35. The fourth-order valence-electron chi connectivity index (χ4n) is 1.07. The predicted octanol–water partition coefficient (Wildman–Crippen LogP) is 2.79. The Labute approximate surface area is 88.1 Å². The van der Waals surface area contributed by atoms with Crippen LogP contribution in [0.15, 0.2) is 15.9 Å². The van der Waals surface area contributed by atoms with Gasteiger partial charge in [-0.3, -0.25) is 5.10 Å². The number of aryl methyl sites for hydroxylation is 1. The van der Waals surface area contributed by atoms with Crippen LogP contribution >= 0.6 is 27.3 Å². The molecular formula is C8H8BrN3S. The molecule has 68 valence electrons. The molecule has 0 amide bonds. The summed E-state index contributed by atoms with van der Waals surface area (Å²) in [5.41, 5.74) is 7.71. The van der Waals surface area contributed by atoms with Crippen LogP contribution in [0.4, 0.5) is 5.82 Å². The van der Waals surface area contributed by atoms with Gasteiger partial charge in [-0.25, -0.2) is 0 Å². The highest BCUT2D eigenvalue weighted by molar-refractivity contribution is 9.10. The third-order valence-corrected chi connectivity index (χ3v) is 4.16. The van der Waals surface area contributed by atoms with E-state index in [9.17, 15) is 0 Å². The van der Waals surface area contributed by atoms with Gasteiger partial charge in [0.05, 0.1) is 10.6 Å². The van der Waals surface area contributed by atoms with Crippen LogP contribution in [0.1, 0.15) is 5.56 Å². The summed E-state index contributed by atoms with van der Waals surface area (Å²) >= 11 is 5.19. The average molecular weight is 258 g/mol. The molecule has 3 nitrogen and oxygen atoms in total. The van der Waals surface area contributed by atoms with Gasteiger partial charge in [-0.05, 0) is 33.8 Å². The molecule has 0 radical (unpaired) electrons. The second-order valence-corrected chi connectivity index (χ2v) is 4.44. The molecule has 0 bridgehead atoms. The number of H-pyrrole nitrogens is 1. The van der Waals surface area contributed by atoms with Gasteiger partial charge in [-0.15, -0.1) is 11.3 Å². The molecule has 0 atom stereocenters. The second kappa shape index (κ2) is 3.16. The number of aromatic nitrogens is 2. The van der Waals surface area contributed by atoms with Crippen molar-refractivity contribution in [1.29, 1.82) is 0 Å². The van der Waals surface area contributed by atoms with Crippen LogP contribution in [0.5, 0.6) is 0 Å². The van der Waals surface area contributed by atoms with Gasteiger partial charge in [0, 0.05) is 10.5 Å². The number of hydrogen-bond acceptors (Lipinski definition) is 3. The SMILES string of the molecule is Cc1csc(-c2cc(N)n[nH]2)c1Br. The van der Waals surface area contributed by atoms with Gasteiger partial charge < -0.3 is 5.73 Å². The highest BCUT2D eigenvalue weighted by atomic mass is 79.9. The van der Waals surface area contributed by atoms with E-state index in [4.69, 9.17) is 5.73 Å². The van der Waals surface area contributed by atoms with Crippen molar-refractivity contribution in [1.82, 2.24) is 10.2 Å². The van der Waals surface area contributed by atoms with E-state index >= 15 is 0 Å². The summed E-state index contributed by atoms with van der Waals surface area (Å²) in [4.78, 5) is 1.14. The first kappa shape index (κ1) is 8.77. The van der Waals surface area contributed by atoms with Gasteiger partial charge in [0.15, 0.2) is 0 Å². The zero-order valence-electron chi connectivity index (χ0n) is 6.97. The number of hydrogen-bond donors (Lipinski definition) is 2. The molecule has 0 aliphatic heterocycles. The summed E-state index contributed by atoms with van der Waals surface area (Å²) in [7, 11) is 0. The summed E-state index contributed by atoms with van der Waals surface area (Å²) < 4.78 is 1.11. The average Bonchev–Trinajstić information content (AvgIpc) is 2.62. The van der Waals surface area contributed by atoms with Crippen LogP contribution in [0, 0.1) is 6.92 Å². The first-order valence-corrected chi connectivity index (χ1v) is 5.40. The normalized spacial score (nSPS) is 10.6. The van der Waals surface area contributed by atoms with Crippen LogP contribution < -0.4 is 5.73 Å². The number of nitrogens with one attached hydrogen (secondary N) is 1. The fraction of sp³-hybridized carbons (Fsp3) is 0.125. The molecule has 2 aromatic rings. The first-order chi connectivity index (χ1) is 6.18. The zero-order valence-corrected chi connectivity index (χ0v) is 9.37. The molecular weight excluding hydrogens is 250 g/mol. The topological polar surface area (TPSA) is 54.7 Å². The molecule has 0 spiro atoms. The van der Waals surface area contributed by atoms with Crippen molar-refractivity contribution in [3.8, 4) is 10.6 Å². The Kier molecular flexibility index (Phi) is 2.13. The lowest BCUT2D eigenvalue weighted by atomic mass is 10.3. The van der Waals surface area contributed by atoms with Gasteiger partial charge in [-0.1, -0.05) is 0 Å². The van der Waals surface area contributed by atoms with E-state index in [2.05, 4.69) is 38.4 Å². The molecule has 0 aliphatic rings. The van der Waals surface area contributed by atoms with Crippen molar-refractivity contribution in [3.63, 3.8) is 0 Å². The van der Waals surface area contributed by atoms with E-state index in [0.717, 1.165) is 15.0 Å². The van der Waals surface area contributed by atoms with Crippen molar-refractivity contribution in [2.24, 2.45) is 0 Å². The lowest BCUT2D eigenvalue weighted by Gasteiger charge is -1.92. The largest absolute Gasteiger partial charge is 0.382 e. The first-order valence-electron chi connectivity index (χ1n) is 3.73. The van der Waals surface area contributed by atoms with E-state index in [1.165, 1.54) is 5.56 Å². The molecule has 2 aromatic heterocycles. The number of anilines is 1.